The summed E-state index contributed by atoms with van der Waals surface area (Å²) in [4.78, 5) is 5.62. The molecule has 4 nitrogen and oxygen atoms in total. The van der Waals surface area contributed by atoms with E-state index in [0.29, 0.717) is 13.3 Å². The van der Waals surface area contributed by atoms with Gasteiger partial charge in [0.15, 0.2) is 0 Å². The Morgan fingerprint density at radius 3 is 1.11 bits per heavy atom. The molecule has 4 atom stereocenters. The summed E-state index contributed by atoms with van der Waals surface area (Å²) in [6.07, 6.45) is 10.1. The number of fused-ring (bicyclic) bond motifs is 16. The van der Waals surface area contributed by atoms with Gasteiger partial charge >= 0.3 is 448 Å². The topological polar surface area (TPSA) is 16.3 Å². The van der Waals surface area contributed by atoms with Crippen molar-refractivity contribution in [3.63, 3.8) is 0 Å². The number of aryl methyl sites for hydroxylation is 2. The maximum atomic E-state index is 3.30. The molecule has 2 saturated carbocycles. The van der Waals surface area contributed by atoms with Crippen molar-refractivity contribution in [2.24, 2.45) is 0 Å². The summed E-state index contributed by atoms with van der Waals surface area (Å²) in [6.45, 7) is 57.5. The molecule has 10 aromatic rings. The molecule has 2 aliphatic carbocycles. The van der Waals surface area contributed by atoms with E-state index in [2.05, 4.69) is 629 Å². The van der Waals surface area contributed by atoms with Crippen molar-refractivity contribution in [2.45, 2.75) is 279 Å². The van der Waals surface area contributed by atoms with Crippen LogP contribution in [-0.4, -0.2) is 26.9 Å². The van der Waals surface area contributed by atoms with Crippen LogP contribution in [0.4, 0.5) is 22.7 Å². The predicted molar refractivity (Wildman–Crippen MR) is 869 cm³/mol. The SMILES string of the molecule is C.Cc1cc(N2c3ccc(C(C)(C)C)cc3C3(C)CCCCC23C)cc(-n2c3ccc(C(C)(C)C)cc3c3cc(C(C)(C)C)ccc32)c1.Cc1cc2c3c(c1)-n1c4ccc(C(C)(C)C)cc4c4cc(C(C)(C)C)cc(c41)B3c1cc(C(C)(C)C)cc3c1N2C1(C)CCCCC31C.I[I-]I(I)I(I)I(I)I(I)I(I)I(I)I(I)I(I)I(I)I(I)I(I)I(I)I(I)I(I)I(I)I. The molecule has 8 aromatic carbocycles. The van der Waals surface area contributed by atoms with E-state index < -0.39 is 111 Å². The van der Waals surface area contributed by atoms with Gasteiger partial charge in [-0.25, -0.2) is 0 Å². The first kappa shape index (κ1) is 123. The number of halogens is 33. The van der Waals surface area contributed by atoms with Crippen LogP contribution in [0.2, 0.25) is 0 Å². The fraction of sp³-hybridized carbons (Fsp3) is 0.473. The van der Waals surface area contributed by atoms with Crippen molar-refractivity contribution >= 4 is 524 Å². The first-order valence-electron chi connectivity index (χ1n) is 41.2. The summed E-state index contributed by atoms with van der Waals surface area (Å²) < 4.78 is 5.20. The zero-order valence-corrected chi connectivity index (χ0v) is 146. The second-order valence-corrected chi connectivity index (χ2v) is 788. The molecule has 732 valence electrons. The van der Waals surface area contributed by atoms with E-state index >= 15 is 0 Å². The Balaban J connectivity index is 0.000000168. The molecule has 2 fully saturated rings. The minimum absolute atomic E-state index is 0. The molecular formula is C91H113BI33N4-. The Morgan fingerprint density at radius 1 is 0.326 bits per heavy atom. The summed E-state index contributed by atoms with van der Waals surface area (Å²) in [5.41, 5.74) is 33.2. The quantitative estimate of drug-likeness (QED) is 0.0667. The Labute approximate surface area is 999 Å². The van der Waals surface area contributed by atoms with E-state index in [4.69, 9.17) is 0 Å². The maximum absolute atomic E-state index is 3.30. The number of nitrogens with zero attached hydrogens (tertiary/aromatic N) is 4. The van der Waals surface area contributed by atoms with Gasteiger partial charge in [0.1, 0.15) is 0 Å². The minimum atomic E-state index is -0.502. The van der Waals surface area contributed by atoms with E-state index in [1.54, 1.807) is 5.56 Å². The van der Waals surface area contributed by atoms with Crippen LogP contribution >= 0.6 is 435 Å². The Hall–Kier alpha value is 17.1. The normalized spacial score (nSPS) is 21.1. The van der Waals surface area contributed by atoms with Gasteiger partial charge in [0.2, 0.25) is 0 Å². The van der Waals surface area contributed by atoms with Crippen molar-refractivity contribution in [1.82, 2.24) is 9.13 Å². The van der Waals surface area contributed by atoms with Gasteiger partial charge in [-0.05, 0) is 237 Å². The van der Waals surface area contributed by atoms with Gasteiger partial charge in [-0.1, -0.05) is 220 Å². The molecule has 16 rings (SSSR count). The van der Waals surface area contributed by atoms with Gasteiger partial charge < -0.3 is 18.9 Å². The molecule has 0 bridgehead atoms. The molecule has 129 heavy (non-hydrogen) atoms. The van der Waals surface area contributed by atoms with Gasteiger partial charge in [0, 0.05) is 72.0 Å². The van der Waals surface area contributed by atoms with Crippen molar-refractivity contribution in [1.29, 1.82) is 0 Å². The number of rotatable bonds is 17. The Bertz CT molecular complexity index is 5840. The summed E-state index contributed by atoms with van der Waals surface area (Å²) in [5, 5.41) is 5.48. The number of hydrogen-bond acceptors (Lipinski definition) is 2. The number of hydrogen-bond donors (Lipinski definition) is 0. The van der Waals surface area contributed by atoms with E-state index in [9.17, 15) is 0 Å². The fourth-order valence-electron chi connectivity index (χ4n) is 19.6. The average molecular weight is 5460 g/mol. The van der Waals surface area contributed by atoms with E-state index in [-0.39, 0.29) is 76.4 Å². The third-order valence-corrected chi connectivity index (χ3v) is 2420. The van der Waals surface area contributed by atoms with E-state index in [1.165, 1.54) is 196 Å². The fourth-order valence-corrected chi connectivity index (χ4v) is 5680. The van der Waals surface area contributed by atoms with Crippen molar-refractivity contribution in [2.75, 3.05) is 9.80 Å². The molecule has 4 aliphatic heterocycles. The van der Waals surface area contributed by atoms with E-state index in [0.717, 1.165) is 0 Å². The Kier molecular flexibility index (Phi) is 46.7. The molecule has 0 N–H and O–H groups in total. The second-order valence-electron chi connectivity index (χ2n) is 40.5. The number of anilines is 4. The standard InChI is InChI=1S/C45H53BN2.C45H56N2.CH4.I33/c1-26-19-36-38-37(20-26)48-40-32(44(11)17-13-14-18-45(44,48)12)23-29(43(8,9)10)25-34(40)46(38)33-24-28(42(5,6)7)22-31-30-21-27(41(2,3)4)15-16-35(30)47(36)39(31)33;1-29-23-33(46-38-18-15-30(41(2,3)4)25-35(38)36-26-31(42(5,6)7)16-19-39(36)46)28-34(24-29)47-40-20-17-32(43(8,9)10)27-37(40)44(11)21-13-14-22-45(44,47)12;;1-18-20(4)22(6)24(8)26(10)28(12)30(14)32(16)33(17)31(15)29(13)27(11)25(9)23(7)21(5)19(2)3/h15-16,19-25H,13-14,17-18H2,1-12H3;15-20,23-28H,13-14,21-22H2,1-12H3;1H4;/q;;;-1. The van der Waals surface area contributed by atoms with Crippen molar-refractivity contribution in [3.05, 3.63) is 183 Å². The second kappa shape index (κ2) is 49.0. The predicted octanol–water partition coefficient (Wildman–Crippen LogP) is 48.6. The molecule has 6 aliphatic rings. The first-order chi connectivity index (χ1) is 59.2. The molecule has 38 heteroatoms. The molecule has 6 heterocycles. The van der Waals surface area contributed by atoms with E-state index in [1.807, 2.05) is 0 Å². The van der Waals surface area contributed by atoms with Crippen LogP contribution in [0.15, 0.2) is 127 Å². The third kappa shape index (κ3) is 25.2. The molecule has 2 aromatic heterocycles. The zero-order chi connectivity index (χ0) is 94.3. The molecular weight excluding hydrogens is 5350 g/mol. The number of benzene rings is 8. The third-order valence-electron chi connectivity index (χ3n) is 26.6. The van der Waals surface area contributed by atoms with Crippen LogP contribution in [0.3, 0.4) is 0 Å². The van der Waals surface area contributed by atoms with Crippen molar-refractivity contribution in [3.8, 4) is 11.4 Å². The summed E-state index contributed by atoms with van der Waals surface area (Å²) in [5.74, 6) is 0. The summed E-state index contributed by atoms with van der Waals surface area (Å²) in [7, 11) is -6.96. The first-order valence-corrected chi connectivity index (χ1v) is 242. The van der Waals surface area contributed by atoms with Crippen LogP contribution in [-0.2, 0) is 43.3 Å². The molecule has 0 radical (unpaired) electrons. The monoisotopic (exact) mass is 5460 g/mol. The van der Waals surface area contributed by atoms with Crippen LogP contribution in [0.1, 0.15) is 267 Å². The van der Waals surface area contributed by atoms with Crippen molar-refractivity contribution < 1.29 is 13.3 Å². The molecule has 0 amide bonds. The Morgan fingerprint density at radius 2 is 0.667 bits per heavy atom. The van der Waals surface area contributed by atoms with Crippen LogP contribution in [0.5, 0.6) is 0 Å². The molecule has 0 saturated heterocycles. The van der Waals surface area contributed by atoms with Gasteiger partial charge in [-0.15, -0.1) is 0 Å². The number of aromatic nitrogens is 2. The van der Waals surface area contributed by atoms with Gasteiger partial charge in [0.25, 0.3) is 6.71 Å². The zero-order valence-electron chi connectivity index (χ0n) is 75.1. The molecule has 0 spiro atoms. The van der Waals surface area contributed by atoms with Gasteiger partial charge in [0.05, 0.1) is 27.6 Å². The summed E-state index contributed by atoms with van der Waals surface area (Å²) >= 11 is 54.7. The van der Waals surface area contributed by atoms with Crippen LogP contribution < -0.4 is 39.4 Å². The van der Waals surface area contributed by atoms with Gasteiger partial charge in [-0.2, -0.15) is 0 Å². The average Bonchev–Trinajstić information content (AvgIpc) is 1.49. The molecule has 4 unspecified atom stereocenters. The van der Waals surface area contributed by atoms with Gasteiger partial charge in [-0.3, -0.25) is 0 Å². The van der Waals surface area contributed by atoms with Crippen LogP contribution in [0.25, 0.3) is 55.0 Å². The van der Waals surface area contributed by atoms with Crippen LogP contribution in [0, 0.1) is 13.8 Å². The summed E-state index contributed by atoms with van der Waals surface area (Å²) in [6, 6.07) is 51.8.